The Hall–Kier alpha value is -0.500. The third-order valence-corrected chi connectivity index (χ3v) is 1.99. The van der Waals surface area contributed by atoms with E-state index >= 15 is 0 Å². The van der Waals surface area contributed by atoms with Crippen LogP contribution in [-0.2, 0) is 20.3 Å². The van der Waals surface area contributed by atoms with E-state index in [1.54, 1.807) is 0 Å². The summed E-state index contributed by atoms with van der Waals surface area (Å²) in [7, 11) is 0. The summed E-state index contributed by atoms with van der Waals surface area (Å²) in [5.74, 6) is -1.29. The summed E-state index contributed by atoms with van der Waals surface area (Å²) in [5.41, 5.74) is 3.61. The highest BCUT2D eigenvalue weighted by molar-refractivity contribution is 7.74. The van der Waals surface area contributed by atoms with Gasteiger partial charge in [-0.25, -0.2) is 0 Å². The van der Waals surface area contributed by atoms with Crippen LogP contribution in [0.25, 0.3) is 0 Å². The van der Waals surface area contributed by atoms with Gasteiger partial charge in [-0.05, 0) is 13.8 Å². The summed E-state index contributed by atoms with van der Waals surface area (Å²) >= 11 is -2.50. The average Bonchev–Trinajstić information content (AvgIpc) is 1.85. The van der Waals surface area contributed by atoms with E-state index in [1.807, 2.05) is 0 Å². The molecule has 0 bridgehead atoms. The van der Waals surface area contributed by atoms with Gasteiger partial charge in [0.05, 0.1) is 0 Å². The molecule has 6 nitrogen and oxygen atoms in total. The van der Waals surface area contributed by atoms with E-state index < -0.39 is 29.0 Å². The third kappa shape index (κ3) is 2.86. The molecule has 0 aromatic rings. The fourth-order valence-electron chi connectivity index (χ4n) is 0.397. The predicted octanol–water partition coefficient (Wildman–Crippen LogP) is -0.670. The Bertz CT molecular complexity index is 204. The maximum atomic E-state index is 10.5. The molecule has 0 aliphatic carbocycles. The number of carboxylic acids is 1. The van der Waals surface area contributed by atoms with Crippen LogP contribution in [0.2, 0.25) is 0 Å². The van der Waals surface area contributed by atoms with E-state index in [9.17, 15) is 9.00 Å². The zero-order valence-corrected chi connectivity index (χ0v) is 7.50. The van der Waals surface area contributed by atoms with Gasteiger partial charge < -0.3 is 10.8 Å². The fraction of sp³-hybridized carbons (Fsp3) is 0.800. The van der Waals surface area contributed by atoms with E-state index in [0.29, 0.717) is 0 Å². The van der Waals surface area contributed by atoms with E-state index in [1.165, 1.54) is 13.8 Å². The minimum Gasteiger partial charge on any atom is -0.480 e. The molecule has 0 aromatic heterocycles. The molecule has 0 heterocycles. The summed E-state index contributed by atoms with van der Waals surface area (Å²) in [6, 6.07) is 0. The maximum Gasteiger partial charge on any atom is 0.326 e. The molecule has 72 valence electrons. The summed E-state index contributed by atoms with van der Waals surface area (Å²) in [4.78, 5) is 10.5. The van der Waals surface area contributed by atoms with Crippen LogP contribution in [0, 0.1) is 0 Å². The monoisotopic (exact) mass is 197 g/mol. The van der Waals surface area contributed by atoms with E-state index in [-0.39, 0.29) is 0 Å². The Balaban J connectivity index is 4.35. The largest absolute Gasteiger partial charge is 0.480 e. The number of aliphatic carboxylic acids is 1. The molecule has 0 fully saturated rings. The van der Waals surface area contributed by atoms with Crippen molar-refractivity contribution in [2.75, 3.05) is 0 Å². The minimum absolute atomic E-state index is 1.04. The van der Waals surface area contributed by atoms with Gasteiger partial charge in [-0.15, -0.1) is 0 Å². The first-order valence-electron chi connectivity index (χ1n) is 3.08. The lowest BCUT2D eigenvalue weighted by Crippen LogP contribution is -2.54. The minimum atomic E-state index is -2.50. The van der Waals surface area contributed by atoms with Gasteiger partial charge in [0.2, 0.25) is 0 Å². The molecule has 3 unspecified atom stereocenters. The molecule has 0 amide bonds. The number of hydrogen-bond acceptors (Lipinski definition) is 4. The lowest BCUT2D eigenvalue weighted by Gasteiger charge is -2.24. The van der Waals surface area contributed by atoms with Crippen molar-refractivity contribution in [3.63, 3.8) is 0 Å². The Labute approximate surface area is 72.2 Å². The highest BCUT2D eigenvalue weighted by Gasteiger charge is 2.36. The van der Waals surface area contributed by atoms with Crippen LogP contribution in [0.1, 0.15) is 13.8 Å². The van der Waals surface area contributed by atoms with Crippen LogP contribution in [0.3, 0.4) is 0 Å². The summed E-state index contributed by atoms with van der Waals surface area (Å²) in [5, 5.41) is 8.54. The van der Waals surface area contributed by atoms with Gasteiger partial charge in [-0.3, -0.25) is 13.5 Å². The van der Waals surface area contributed by atoms with Crippen LogP contribution in [0.15, 0.2) is 0 Å². The molecule has 0 aromatic carbocycles. The highest BCUT2D eigenvalue weighted by Crippen LogP contribution is 2.10. The van der Waals surface area contributed by atoms with Crippen LogP contribution < -0.4 is 5.73 Å². The quantitative estimate of drug-likeness (QED) is 0.515. The van der Waals surface area contributed by atoms with Crippen molar-refractivity contribution in [1.82, 2.24) is 0 Å². The van der Waals surface area contributed by atoms with Gasteiger partial charge in [0.1, 0.15) is 11.6 Å². The summed E-state index contributed by atoms with van der Waals surface area (Å²) < 4.78 is 22.7. The second kappa shape index (κ2) is 3.94. The summed E-state index contributed by atoms with van der Waals surface area (Å²) in [6.07, 6.45) is -1.04. The first-order chi connectivity index (χ1) is 5.28. The normalized spacial score (nSPS) is 21.0. The number of carbonyl (C=O) groups is 1. The van der Waals surface area contributed by atoms with Gasteiger partial charge in [-0.2, -0.15) is 4.21 Å². The van der Waals surface area contributed by atoms with Gasteiger partial charge in [-0.1, -0.05) is 0 Å². The smallest absolute Gasteiger partial charge is 0.326 e. The first-order valence-corrected chi connectivity index (χ1v) is 4.12. The van der Waals surface area contributed by atoms with E-state index in [2.05, 4.69) is 4.18 Å². The van der Waals surface area contributed by atoms with Crippen molar-refractivity contribution in [3.8, 4) is 0 Å². The van der Waals surface area contributed by atoms with Crippen LogP contribution in [-0.4, -0.2) is 31.5 Å². The Kier molecular flexibility index (Phi) is 3.78. The zero-order chi connectivity index (χ0) is 9.94. The van der Waals surface area contributed by atoms with Crippen molar-refractivity contribution < 1.29 is 22.8 Å². The van der Waals surface area contributed by atoms with Crippen molar-refractivity contribution in [1.29, 1.82) is 0 Å². The first kappa shape index (κ1) is 11.5. The molecule has 7 heteroatoms. The average molecular weight is 197 g/mol. The maximum absolute atomic E-state index is 10.5. The lowest BCUT2D eigenvalue weighted by molar-refractivity contribution is -0.145. The van der Waals surface area contributed by atoms with Gasteiger partial charge in [0.15, 0.2) is 0 Å². The van der Waals surface area contributed by atoms with Crippen molar-refractivity contribution in [2.45, 2.75) is 25.5 Å². The van der Waals surface area contributed by atoms with Gasteiger partial charge >= 0.3 is 17.3 Å². The molecule has 0 rings (SSSR count). The number of carboxylic acid groups (broad SMARTS) is 1. The predicted molar refractivity (Wildman–Crippen MR) is 41.5 cm³/mol. The molecule has 0 spiro atoms. The Morgan fingerprint density at radius 1 is 1.75 bits per heavy atom. The van der Waals surface area contributed by atoms with E-state index in [0.717, 1.165) is 0 Å². The molecule has 0 aliphatic heterocycles. The molecule has 4 N–H and O–H groups in total. The van der Waals surface area contributed by atoms with E-state index in [4.69, 9.17) is 15.4 Å². The van der Waals surface area contributed by atoms with Crippen molar-refractivity contribution in [2.24, 2.45) is 5.73 Å². The molecular formula is C5H11NO5S. The second-order valence-corrected chi connectivity index (χ2v) is 3.17. The second-order valence-electron chi connectivity index (χ2n) is 2.54. The highest BCUT2D eigenvalue weighted by atomic mass is 32.2. The summed E-state index contributed by atoms with van der Waals surface area (Å²) in [6.45, 7) is 2.51. The van der Waals surface area contributed by atoms with Gasteiger partial charge in [0, 0.05) is 0 Å². The number of nitrogens with two attached hydrogens (primary N) is 1. The number of hydrogen-bond donors (Lipinski definition) is 3. The SMILES string of the molecule is CC(OS(=O)O)C(C)(N)C(=O)O. The van der Waals surface area contributed by atoms with Crippen molar-refractivity contribution >= 4 is 17.3 Å². The van der Waals surface area contributed by atoms with Crippen LogP contribution >= 0.6 is 0 Å². The van der Waals surface area contributed by atoms with Gasteiger partial charge in [0.25, 0.3) is 0 Å². The molecule has 3 atom stereocenters. The molecule has 0 saturated heterocycles. The van der Waals surface area contributed by atoms with Crippen LogP contribution in [0.4, 0.5) is 0 Å². The molecular weight excluding hydrogens is 186 g/mol. The fourth-order valence-corrected chi connectivity index (χ4v) is 0.844. The molecule has 0 radical (unpaired) electrons. The molecule has 0 aliphatic rings. The molecule has 0 saturated carbocycles. The Morgan fingerprint density at radius 2 is 2.17 bits per heavy atom. The Morgan fingerprint density at radius 3 is 2.42 bits per heavy atom. The molecule has 12 heavy (non-hydrogen) atoms. The zero-order valence-electron chi connectivity index (χ0n) is 6.68. The van der Waals surface area contributed by atoms with Crippen LogP contribution in [0.5, 0.6) is 0 Å². The standard InChI is InChI=1S/C5H11NO5S/c1-3(11-12(9)10)5(2,6)4(7)8/h3H,6H2,1-2H3,(H,7,8)(H,9,10). The topological polar surface area (TPSA) is 110 Å². The van der Waals surface area contributed by atoms with Crippen molar-refractivity contribution in [3.05, 3.63) is 0 Å². The lowest BCUT2D eigenvalue weighted by atomic mass is 9.98. The number of rotatable bonds is 4. The third-order valence-electron chi connectivity index (χ3n) is 1.53.